The van der Waals surface area contributed by atoms with Crippen molar-refractivity contribution < 1.29 is 13.5 Å². The number of ether oxygens (including phenoxy) is 1. The van der Waals surface area contributed by atoms with Gasteiger partial charge in [0.25, 0.3) is 5.92 Å². The second kappa shape index (κ2) is 5.65. The van der Waals surface area contributed by atoms with Gasteiger partial charge in [0, 0.05) is 11.5 Å². The number of rotatable bonds is 4. The minimum Gasteiger partial charge on any atom is -0.491 e. The third-order valence-electron chi connectivity index (χ3n) is 3.97. The Morgan fingerprint density at radius 3 is 2.72 bits per heavy atom. The van der Waals surface area contributed by atoms with Crippen LogP contribution in [0.25, 0.3) is 22.3 Å². The van der Waals surface area contributed by atoms with Crippen molar-refractivity contribution in [2.24, 2.45) is 0 Å². The number of fused-ring (bicyclic) bond motifs is 1. The van der Waals surface area contributed by atoms with Crippen molar-refractivity contribution in [1.82, 2.24) is 20.2 Å². The van der Waals surface area contributed by atoms with Gasteiger partial charge in [0.05, 0.1) is 30.4 Å². The summed E-state index contributed by atoms with van der Waals surface area (Å²) in [4.78, 5) is 9.86. The van der Waals surface area contributed by atoms with Gasteiger partial charge < -0.3 is 9.64 Å². The highest BCUT2D eigenvalue weighted by molar-refractivity contribution is 5.93. The Bertz CT molecular complexity index is 916. The number of halogens is 2. The second-order valence-electron chi connectivity index (χ2n) is 6.42. The largest absolute Gasteiger partial charge is 0.491 e. The number of alkyl halides is 2. The van der Waals surface area contributed by atoms with Crippen LogP contribution in [0.5, 0.6) is 5.75 Å². The van der Waals surface area contributed by atoms with Crippen LogP contribution in [0, 0.1) is 0 Å². The molecule has 1 aliphatic heterocycles. The molecule has 1 aromatic carbocycles. The molecule has 1 fully saturated rings. The molecule has 6 nitrogen and oxygen atoms in total. The van der Waals surface area contributed by atoms with E-state index in [4.69, 9.17) is 4.74 Å². The molecule has 0 amide bonds. The average Bonchev–Trinajstić information content (AvgIpc) is 2.95. The smallest absolute Gasteiger partial charge is 0.282 e. The predicted octanol–water partition coefficient (Wildman–Crippen LogP) is 3.26. The van der Waals surface area contributed by atoms with E-state index in [1.165, 1.54) is 11.2 Å². The molecule has 1 aliphatic rings. The van der Waals surface area contributed by atoms with Crippen molar-refractivity contribution in [2.75, 3.05) is 18.0 Å². The number of H-pyrrole nitrogens is 1. The fourth-order valence-corrected chi connectivity index (χ4v) is 2.86. The van der Waals surface area contributed by atoms with Gasteiger partial charge in [-0.15, -0.1) is 0 Å². The Hall–Kier alpha value is -2.77. The predicted molar refractivity (Wildman–Crippen MR) is 90.0 cm³/mol. The van der Waals surface area contributed by atoms with Gasteiger partial charge in [0.15, 0.2) is 0 Å². The maximum Gasteiger partial charge on any atom is 0.282 e. The van der Waals surface area contributed by atoms with E-state index >= 15 is 0 Å². The molecule has 8 heteroatoms. The highest BCUT2D eigenvalue weighted by Gasteiger charge is 2.44. The summed E-state index contributed by atoms with van der Waals surface area (Å²) >= 11 is 0. The maximum atomic E-state index is 13.1. The summed E-state index contributed by atoms with van der Waals surface area (Å²) in [5.41, 5.74) is 2.06. The first-order valence-corrected chi connectivity index (χ1v) is 8.01. The topological polar surface area (TPSA) is 66.9 Å². The second-order valence-corrected chi connectivity index (χ2v) is 6.42. The number of anilines is 1. The first-order chi connectivity index (χ1) is 11.9. The molecule has 0 radical (unpaired) electrons. The van der Waals surface area contributed by atoms with E-state index in [0.717, 1.165) is 16.7 Å². The summed E-state index contributed by atoms with van der Waals surface area (Å²) in [5.74, 6) is -1.43. The van der Waals surface area contributed by atoms with Gasteiger partial charge in [0.2, 0.25) is 0 Å². The molecule has 3 heterocycles. The lowest BCUT2D eigenvalue weighted by Gasteiger charge is -2.39. The van der Waals surface area contributed by atoms with Crippen LogP contribution in [0.4, 0.5) is 14.6 Å². The molecule has 1 saturated heterocycles. The van der Waals surface area contributed by atoms with E-state index in [-0.39, 0.29) is 19.2 Å². The normalized spacial score (nSPS) is 16.3. The highest BCUT2D eigenvalue weighted by Crippen LogP contribution is 2.33. The van der Waals surface area contributed by atoms with Crippen molar-refractivity contribution in [3.05, 3.63) is 30.6 Å². The van der Waals surface area contributed by atoms with Crippen molar-refractivity contribution in [3.8, 4) is 17.1 Å². The van der Waals surface area contributed by atoms with Crippen LogP contribution in [0.2, 0.25) is 0 Å². The number of benzene rings is 1. The first-order valence-electron chi connectivity index (χ1n) is 8.01. The monoisotopic (exact) mass is 345 g/mol. The number of hydrogen-bond donors (Lipinski definition) is 1. The van der Waals surface area contributed by atoms with E-state index in [2.05, 4.69) is 20.2 Å². The Labute approximate surface area is 142 Å². The van der Waals surface area contributed by atoms with Crippen LogP contribution in [0.3, 0.4) is 0 Å². The lowest BCUT2D eigenvalue weighted by atomic mass is 10.1. The summed E-state index contributed by atoms with van der Waals surface area (Å²) < 4.78 is 31.9. The van der Waals surface area contributed by atoms with Crippen molar-refractivity contribution in [1.29, 1.82) is 0 Å². The summed E-state index contributed by atoms with van der Waals surface area (Å²) in [6.07, 6.45) is 1.43. The van der Waals surface area contributed by atoms with E-state index in [1.54, 1.807) is 6.07 Å². The zero-order valence-corrected chi connectivity index (χ0v) is 13.8. The molecule has 0 atom stereocenters. The van der Waals surface area contributed by atoms with Crippen LogP contribution in [0.15, 0.2) is 30.6 Å². The van der Waals surface area contributed by atoms with Gasteiger partial charge in [-0.1, -0.05) is 0 Å². The van der Waals surface area contributed by atoms with Crippen LogP contribution in [-0.4, -0.2) is 45.3 Å². The van der Waals surface area contributed by atoms with Gasteiger partial charge in [-0.05, 0) is 32.0 Å². The molecule has 3 aromatic rings. The quantitative estimate of drug-likeness (QED) is 0.786. The molecule has 0 unspecified atom stereocenters. The van der Waals surface area contributed by atoms with Crippen LogP contribution in [0.1, 0.15) is 13.8 Å². The molecular formula is C17H17F2N5O. The molecular weight excluding hydrogens is 328 g/mol. The minimum absolute atomic E-state index is 0.0616. The fraction of sp³-hybridized carbons (Fsp3) is 0.353. The van der Waals surface area contributed by atoms with Gasteiger partial charge in [-0.2, -0.15) is 5.10 Å². The summed E-state index contributed by atoms with van der Waals surface area (Å²) in [6, 6.07) is 7.34. The Morgan fingerprint density at radius 1 is 1.20 bits per heavy atom. The molecule has 0 saturated carbocycles. The minimum atomic E-state index is -2.65. The van der Waals surface area contributed by atoms with Gasteiger partial charge in [-0.3, -0.25) is 5.10 Å². The van der Waals surface area contributed by atoms with E-state index in [0.29, 0.717) is 17.2 Å². The molecule has 4 rings (SSSR count). The zero-order chi connectivity index (χ0) is 17.6. The summed E-state index contributed by atoms with van der Waals surface area (Å²) in [6.45, 7) is 3.27. The van der Waals surface area contributed by atoms with Gasteiger partial charge in [0.1, 0.15) is 23.6 Å². The standard InChI is InChI=1S/C17H17F2N5O/c1-10(2)25-11-3-4-13-12(5-11)16(23-22-13)14-6-15(21-9-20-14)24-7-17(18,19)8-24/h3-6,9-10H,7-8H2,1-2H3,(H,22,23). The van der Waals surface area contributed by atoms with Crippen molar-refractivity contribution in [3.63, 3.8) is 0 Å². The molecule has 0 aliphatic carbocycles. The molecule has 2 aromatic heterocycles. The van der Waals surface area contributed by atoms with Crippen molar-refractivity contribution in [2.45, 2.75) is 25.9 Å². The SMILES string of the molecule is CC(C)Oc1ccc2[nH]nc(-c3cc(N4CC(F)(F)C4)ncn3)c2c1. The van der Waals surface area contributed by atoms with E-state index in [1.807, 2.05) is 32.0 Å². The zero-order valence-electron chi connectivity index (χ0n) is 13.8. The maximum absolute atomic E-state index is 13.1. The third-order valence-corrected chi connectivity index (χ3v) is 3.97. The van der Waals surface area contributed by atoms with Crippen LogP contribution < -0.4 is 9.64 Å². The third kappa shape index (κ3) is 2.99. The lowest BCUT2D eigenvalue weighted by molar-refractivity contribution is -0.0267. The van der Waals surface area contributed by atoms with Crippen molar-refractivity contribution >= 4 is 16.7 Å². The number of nitrogens with one attached hydrogen (secondary N) is 1. The first kappa shape index (κ1) is 15.7. The molecule has 0 spiro atoms. The number of nitrogens with zero attached hydrogens (tertiary/aromatic N) is 4. The fourth-order valence-electron chi connectivity index (χ4n) is 2.86. The highest BCUT2D eigenvalue weighted by atomic mass is 19.3. The van der Waals surface area contributed by atoms with E-state index in [9.17, 15) is 8.78 Å². The van der Waals surface area contributed by atoms with Gasteiger partial charge in [-0.25, -0.2) is 18.7 Å². The number of aromatic nitrogens is 4. The Balaban J connectivity index is 1.69. The molecule has 1 N–H and O–H groups in total. The number of aromatic amines is 1. The number of hydrogen-bond acceptors (Lipinski definition) is 5. The van der Waals surface area contributed by atoms with Gasteiger partial charge >= 0.3 is 0 Å². The molecule has 130 valence electrons. The van der Waals surface area contributed by atoms with Crippen LogP contribution >= 0.6 is 0 Å². The Morgan fingerprint density at radius 2 is 2.00 bits per heavy atom. The lowest BCUT2D eigenvalue weighted by Crippen LogP contribution is -2.56. The Kier molecular flexibility index (Phi) is 3.55. The van der Waals surface area contributed by atoms with E-state index < -0.39 is 5.92 Å². The van der Waals surface area contributed by atoms with Crippen LogP contribution in [-0.2, 0) is 0 Å². The molecule has 25 heavy (non-hydrogen) atoms. The average molecular weight is 345 g/mol. The summed E-state index contributed by atoms with van der Waals surface area (Å²) in [7, 11) is 0. The molecule has 0 bridgehead atoms. The summed E-state index contributed by atoms with van der Waals surface area (Å²) in [5, 5.41) is 8.14.